The van der Waals surface area contributed by atoms with Crippen LogP contribution in [0.25, 0.3) is 0 Å². The molecule has 0 saturated heterocycles. The molecule has 3 aliphatic carbocycles. The molecule has 0 unspecified atom stereocenters. The number of likely N-dealkylation sites (N-methyl/N-ethyl adjacent to an activating group) is 1. The van der Waals surface area contributed by atoms with Crippen LogP contribution >= 0.6 is 0 Å². The van der Waals surface area contributed by atoms with Gasteiger partial charge in [0.15, 0.2) is 0 Å². The van der Waals surface area contributed by atoms with Gasteiger partial charge >= 0.3 is 0 Å². The van der Waals surface area contributed by atoms with Crippen LogP contribution in [0.4, 0.5) is 0 Å². The third kappa shape index (κ3) is 2.10. The molecule has 16 heavy (non-hydrogen) atoms. The number of nitrogens with zero attached hydrogens (tertiary/aromatic N) is 1. The van der Waals surface area contributed by atoms with Gasteiger partial charge in [-0.2, -0.15) is 0 Å². The average molecular weight is 220 g/mol. The highest BCUT2D eigenvalue weighted by atomic mass is 15.3. The Hall–Kier alpha value is -0.560. The van der Waals surface area contributed by atoms with Crippen LogP contribution in [0.5, 0.6) is 0 Å². The van der Waals surface area contributed by atoms with Gasteiger partial charge in [-0.1, -0.05) is 26.0 Å². The van der Waals surface area contributed by atoms with Gasteiger partial charge in [-0.25, -0.2) is 0 Å². The molecule has 3 aliphatic rings. The van der Waals surface area contributed by atoms with E-state index < -0.39 is 0 Å². The topological polar surface area (TPSA) is 0 Å². The Kier molecular flexibility index (Phi) is 2.78. The summed E-state index contributed by atoms with van der Waals surface area (Å²) < 4.78 is 1.01. The molecule has 1 heteroatoms. The molecule has 0 amide bonds. The maximum Gasteiger partial charge on any atom is 0.0970 e. The lowest BCUT2D eigenvalue weighted by atomic mass is 9.49. The zero-order valence-corrected chi connectivity index (χ0v) is 11.5. The Balaban J connectivity index is 1.99. The van der Waals surface area contributed by atoms with E-state index in [4.69, 9.17) is 0 Å². The first-order chi connectivity index (χ1) is 7.31. The first kappa shape index (κ1) is 11.9. The summed E-state index contributed by atoms with van der Waals surface area (Å²) in [6, 6.07) is 0. The monoisotopic (exact) mass is 220 g/mol. The van der Waals surface area contributed by atoms with Gasteiger partial charge in [0.1, 0.15) is 0 Å². The molecule has 90 valence electrons. The van der Waals surface area contributed by atoms with Gasteiger partial charge in [0, 0.05) is 0 Å². The Morgan fingerprint density at radius 1 is 1.38 bits per heavy atom. The molecular formula is C15H26N+. The fourth-order valence-corrected chi connectivity index (χ4v) is 3.09. The van der Waals surface area contributed by atoms with E-state index in [9.17, 15) is 0 Å². The molecule has 1 nitrogen and oxygen atoms in total. The van der Waals surface area contributed by atoms with E-state index in [1.807, 2.05) is 0 Å². The van der Waals surface area contributed by atoms with Crippen LogP contribution in [0.15, 0.2) is 23.8 Å². The van der Waals surface area contributed by atoms with E-state index in [0.29, 0.717) is 5.41 Å². The maximum absolute atomic E-state index is 2.47. The maximum atomic E-state index is 2.47. The van der Waals surface area contributed by atoms with Crippen molar-refractivity contribution in [2.75, 3.05) is 27.7 Å². The molecule has 1 fully saturated rings. The lowest BCUT2D eigenvalue weighted by Crippen LogP contribution is -2.47. The Bertz CT molecular complexity index is 328. The van der Waals surface area contributed by atoms with Gasteiger partial charge in [0.2, 0.25) is 0 Å². The molecule has 0 aromatic carbocycles. The third-order valence-electron chi connectivity index (χ3n) is 4.47. The number of hydrogen-bond acceptors (Lipinski definition) is 0. The van der Waals surface area contributed by atoms with Crippen LogP contribution in [-0.2, 0) is 0 Å². The molecule has 0 heterocycles. The molecule has 0 aromatic rings. The van der Waals surface area contributed by atoms with E-state index in [0.717, 1.165) is 22.9 Å². The fourth-order valence-electron chi connectivity index (χ4n) is 3.09. The quantitative estimate of drug-likeness (QED) is 0.641. The largest absolute Gasteiger partial charge is 0.328 e. The van der Waals surface area contributed by atoms with Crippen molar-refractivity contribution in [2.45, 2.75) is 26.7 Å². The van der Waals surface area contributed by atoms with Crippen LogP contribution < -0.4 is 0 Å². The Morgan fingerprint density at radius 3 is 2.56 bits per heavy atom. The van der Waals surface area contributed by atoms with Crippen molar-refractivity contribution in [1.29, 1.82) is 0 Å². The van der Waals surface area contributed by atoms with Crippen molar-refractivity contribution in [3.05, 3.63) is 23.8 Å². The molecule has 0 spiro atoms. The number of rotatable bonds is 3. The van der Waals surface area contributed by atoms with E-state index in [1.54, 1.807) is 5.57 Å². The van der Waals surface area contributed by atoms with Crippen LogP contribution in [-0.4, -0.2) is 32.2 Å². The van der Waals surface area contributed by atoms with Crippen LogP contribution in [0.2, 0.25) is 0 Å². The summed E-state index contributed by atoms with van der Waals surface area (Å²) in [5.41, 5.74) is 2.16. The summed E-state index contributed by atoms with van der Waals surface area (Å²) in [7, 11) is 6.72. The van der Waals surface area contributed by atoms with Crippen molar-refractivity contribution in [2.24, 2.45) is 17.3 Å². The zero-order chi connectivity index (χ0) is 12.0. The van der Waals surface area contributed by atoms with Crippen molar-refractivity contribution < 1.29 is 4.48 Å². The van der Waals surface area contributed by atoms with Crippen LogP contribution in [0, 0.1) is 17.3 Å². The Morgan fingerprint density at radius 2 is 2.06 bits per heavy atom. The normalized spacial score (nSPS) is 32.4. The predicted octanol–water partition coefficient (Wildman–Crippen LogP) is 3.24. The molecule has 0 aliphatic heterocycles. The summed E-state index contributed by atoms with van der Waals surface area (Å²) in [4.78, 5) is 0. The molecule has 2 bridgehead atoms. The number of allylic oxidation sites excluding steroid dienone is 3. The Labute approximate surface area is 100 Å². The first-order valence-electron chi connectivity index (χ1n) is 6.48. The summed E-state index contributed by atoms with van der Waals surface area (Å²) >= 11 is 0. The highest BCUT2D eigenvalue weighted by Crippen LogP contribution is 2.59. The second-order valence-electron chi connectivity index (χ2n) is 7.12. The van der Waals surface area contributed by atoms with E-state index in [-0.39, 0.29) is 0 Å². The van der Waals surface area contributed by atoms with Crippen molar-refractivity contribution in [3.8, 4) is 0 Å². The van der Waals surface area contributed by atoms with E-state index in [2.05, 4.69) is 53.2 Å². The van der Waals surface area contributed by atoms with Gasteiger partial charge in [0.05, 0.1) is 27.7 Å². The van der Waals surface area contributed by atoms with Crippen molar-refractivity contribution >= 4 is 0 Å². The molecule has 0 radical (unpaired) electrons. The minimum absolute atomic E-state index is 0.561. The first-order valence-corrected chi connectivity index (χ1v) is 6.48. The number of hydrogen-bond donors (Lipinski definition) is 0. The second-order valence-corrected chi connectivity index (χ2v) is 7.12. The molecular weight excluding hydrogens is 194 g/mol. The van der Waals surface area contributed by atoms with Gasteiger partial charge in [-0.3, -0.25) is 0 Å². The van der Waals surface area contributed by atoms with E-state index in [1.165, 1.54) is 12.8 Å². The smallest absolute Gasteiger partial charge is 0.0970 e. The standard InChI is InChI=1S/C15H26N/c1-15(2)13-9-8-12(14(15)11-13)7-6-10-16(3,4)5/h6-8,13-14H,9-11H2,1-5H3/q+1/b7-6+/t13-,14+/m1/s1. The number of quaternary nitrogens is 1. The molecule has 3 rings (SSSR count). The van der Waals surface area contributed by atoms with Crippen molar-refractivity contribution in [1.82, 2.24) is 0 Å². The van der Waals surface area contributed by atoms with E-state index >= 15 is 0 Å². The summed E-state index contributed by atoms with van der Waals surface area (Å²) in [5.74, 6) is 1.78. The second kappa shape index (κ2) is 3.73. The fraction of sp³-hybridized carbons (Fsp3) is 0.733. The lowest BCUT2D eigenvalue weighted by molar-refractivity contribution is -0.864. The van der Waals surface area contributed by atoms with Gasteiger partial charge in [-0.15, -0.1) is 0 Å². The van der Waals surface area contributed by atoms with Crippen molar-refractivity contribution in [3.63, 3.8) is 0 Å². The minimum Gasteiger partial charge on any atom is -0.328 e. The molecule has 2 atom stereocenters. The van der Waals surface area contributed by atoms with Gasteiger partial charge in [-0.05, 0) is 41.7 Å². The van der Waals surface area contributed by atoms with Gasteiger partial charge < -0.3 is 4.48 Å². The highest BCUT2D eigenvalue weighted by molar-refractivity contribution is 5.31. The third-order valence-corrected chi connectivity index (χ3v) is 4.47. The van der Waals surface area contributed by atoms with Crippen LogP contribution in [0.3, 0.4) is 0 Å². The highest BCUT2D eigenvalue weighted by Gasteiger charge is 2.50. The summed E-state index contributed by atoms with van der Waals surface area (Å²) in [6.07, 6.45) is 9.92. The molecule has 0 N–H and O–H groups in total. The zero-order valence-electron chi connectivity index (χ0n) is 11.5. The number of fused-ring (bicyclic) bond motifs is 1. The average Bonchev–Trinajstić information content (AvgIpc) is 2.15. The van der Waals surface area contributed by atoms with Gasteiger partial charge in [0.25, 0.3) is 0 Å². The molecule has 0 aromatic heterocycles. The predicted molar refractivity (Wildman–Crippen MR) is 70.1 cm³/mol. The lowest BCUT2D eigenvalue weighted by Gasteiger charge is -2.56. The minimum atomic E-state index is 0.561. The summed E-state index contributed by atoms with van der Waals surface area (Å²) in [5, 5.41) is 0. The van der Waals surface area contributed by atoms with Crippen LogP contribution in [0.1, 0.15) is 26.7 Å². The summed E-state index contributed by atoms with van der Waals surface area (Å²) in [6.45, 7) is 5.99. The molecule has 1 saturated carbocycles. The SMILES string of the molecule is CC1(C)[C@@H]2CC=C(/C=C/C[N+](C)(C)C)[C@@H]1C2.